The molecule has 1 aromatic rings. The first-order valence-electron chi connectivity index (χ1n) is 6.97. The minimum absolute atomic E-state index is 0.222. The van der Waals surface area contributed by atoms with Gasteiger partial charge in [-0.25, -0.2) is 0 Å². The molecule has 0 spiro atoms. The molecule has 0 radical (unpaired) electrons. The Morgan fingerprint density at radius 2 is 2.11 bits per heavy atom. The molecule has 1 fully saturated rings. The maximum atomic E-state index is 12.2. The predicted octanol–water partition coefficient (Wildman–Crippen LogP) is 2.46. The highest BCUT2D eigenvalue weighted by Crippen LogP contribution is 2.28. The van der Waals surface area contributed by atoms with Crippen LogP contribution in [0.3, 0.4) is 0 Å². The van der Waals surface area contributed by atoms with E-state index in [1.165, 1.54) is 24.0 Å². The van der Waals surface area contributed by atoms with E-state index in [0.29, 0.717) is 0 Å². The predicted molar refractivity (Wildman–Crippen MR) is 72.4 cm³/mol. The lowest BCUT2D eigenvalue weighted by atomic mass is 9.98. The van der Waals surface area contributed by atoms with Crippen molar-refractivity contribution in [1.29, 1.82) is 0 Å². The molecule has 3 heteroatoms. The van der Waals surface area contributed by atoms with E-state index in [-0.39, 0.29) is 11.8 Å². The SMILES string of the molecule is O=C(Nc1cccc2c1CCNC2)C1CCCC1. The lowest BCUT2D eigenvalue weighted by Gasteiger charge is -2.21. The van der Waals surface area contributed by atoms with Gasteiger partial charge in [-0.05, 0) is 43.0 Å². The monoisotopic (exact) mass is 244 g/mol. The molecule has 1 heterocycles. The summed E-state index contributed by atoms with van der Waals surface area (Å²) in [5.41, 5.74) is 3.68. The van der Waals surface area contributed by atoms with Crippen molar-refractivity contribution in [2.45, 2.75) is 38.6 Å². The molecular weight excluding hydrogens is 224 g/mol. The second-order valence-corrected chi connectivity index (χ2v) is 5.34. The van der Waals surface area contributed by atoms with Gasteiger partial charge in [-0.2, -0.15) is 0 Å². The number of anilines is 1. The quantitative estimate of drug-likeness (QED) is 0.839. The molecule has 0 aromatic heterocycles. The van der Waals surface area contributed by atoms with Crippen molar-refractivity contribution in [1.82, 2.24) is 5.32 Å². The van der Waals surface area contributed by atoms with Gasteiger partial charge in [0.2, 0.25) is 5.91 Å². The number of fused-ring (bicyclic) bond motifs is 1. The van der Waals surface area contributed by atoms with Gasteiger partial charge in [-0.15, -0.1) is 0 Å². The molecule has 1 aliphatic heterocycles. The highest BCUT2D eigenvalue weighted by atomic mass is 16.1. The Hall–Kier alpha value is -1.35. The molecular formula is C15H20N2O. The van der Waals surface area contributed by atoms with Crippen LogP contribution in [0.4, 0.5) is 5.69 Å². The second-order valence-electron chi connectivity index (χ2n) is 5.34. The first-order valence-corrected chi connectivity index (χ1v) is 6.97. The van der Waals surface area contributed by atoms with Gasteiger partial charge in [0.05, 0.1) is 0 Å². The molecule has 1 aliphatic carbocycles. The summed E-state index contributed by atoms with van der Waals surface area (Å²) >= 11 is 0. The number of benzene rings is 1. The van der Waals surface area contributed by atoms with Gasteiger partial charge in [0.25, 0.3) is 0 Å². The Morgan fingerprint density at radius 1 is 1.28 bits per heavy atom. The van der Waals surface area contributed by atoms with E-state index >= 15 is 0 Å². The molecule has 0 saturated heterocycles. The van der Waals surface area contributed by atoms with Gasteiger partial charge >= 0.3 is 0 Å². The van der Waals surface area contributed by atoms with Crippen molar-refractivity contribution in [3.63, 3.8) is 0 Å². The summed E-state index contributed by atoms with van der Waals surface area (Å²) in [5, 5.41) is 6.51. The number of hydrogen-bond acceptors (Lipinski definition) is 2. The largest absolute Gasteiger partial charge is 0.326 e. The third-order valence-corrected chi connectivity index (χ3v) is 4.12. The fraction of sp³-hybridized carbons (Fsp3) is 0.533. The van der Waals surface area contributed by atoms with E-state index in [4.69, 9.17) is 0 Å². The number of carbonyl (C=O) groups excluding carboxylic acids is 1. The average molecular weight is 244 g/mol. The fourth-order valence-electron chi connectivity index (χ4n) is 3.07. The van der Waals surface area contributed by atoms with Crippen LogP contribution in [0.5, 0.6) is 0 Å². The van der Waals surface area contributed by atoms with Crippen molar-refractivity contribution in [2.75, 3.05) is 11.9 Å². The third-order valence-electron chi connectivity index (χ3n) is 4.12. The summed E-state index contributed by atoms with van der Waals surface area (Å²) in [6, 6.07) is 6.22. The van der Waals surface area contributed by atoms with E-state index in [1.54, 1.807) is 0 Å². The van der Waals surface area contributed by atoms with E-state index in [0.717, 1.165) is 38.0 Å². The molecule has 96 valence electrons. The molecule has 1 aromatic carbocycles. The first kappa shape index (κ1) is 11.7. The van der Waals surface area contributed by atoms with Crippen LogP contribution in [-0.2, 0) is 17.8 Å². The summed E-state index contributed by atoms with van der Waals surface area (Å²) in [6.45, 7) is 1.92. The van der Waals surface area contributed by atoms with Crippen molar-refractivity contribution in [3.05, 3.63) is 29.3 Å². The maximum Gasteiger partial charge on any atom is 0.227 e. The molecule has 1 amide bonds. The van der Waals surface area contributed by atoms with Gasteiger partial charge in [0.15, 0.2) is 0 Å². The number of hydrogen-bond donors (Lipinski definition) is 2. The van der Waals surface area contributed by atoms with E-state index in [9.17, 15) is 4.79 Å². The normalized spacial score (nSPS) is 19.6. The van der Waals surface area contributed by atoms with Gasteiger partial charge in [0.1, 0.15) is 0 Å². The van der Waals surface area contributed by atoms with Gasteiger partial charge in [0, 0.05) is 18.2 Å². The Bertz CT molecular complexity index is 450. The van der Waals surface area contributed by atoms with Crippen molar-refractivity contribution >= 4 is 11.6 Å². The molecule has 2 N–H and O–H groups in total. The van der Waals surface area contributed by atoms with Gasteiger partial charge < -0.3 is 10.6 Å². The standard InChI is InChI=1S/C15H20N2O/c18-15(11-4-1-2-5-11)17-14-7-3-6-12-10-16-9-8-13(12)14/h3,6-7,11,16H,1-2,4-5,8-10H2,(H,17,18). The second kappa shape index (κ2) is 5.11. The van der Waals surface area contributed by atoms with Crippen LogP contribution in [0.1, 0.15) is 36.8 Å². The van der Waals surface area contributed by atoms with Crippen LogP contribution < -0.4 is 10.6 Å². The summed E-state index contributed by atoms with van der Waals surface area (Å²) < 4.78 is 0. The third kappa shape index (κ3) is 2.27. The zero-order valence-corrected chi connectivity index (χ0v) is 10.7. The van der Waals surface area contributed by atoms with Crippen LogP contribution in [0.25, 0.3) is 0 Å². The summed E-state index contributed by atoms with van der Waals surface area (Å²) in [6.07, 6.45) is 5.53. The van der Waals surface area contributed by atoms with Crippen LogP contribution in [0.2, 0.25) is 0 Å². The Labute approximate surface area is 108 Å². The average Bonchev–Trinajstić information content (AvgIpc) is 2.93. The molecule has 1 saturated carbocycles. The number of amides is 1. The maximum absolute atomic E-state index is 12.2. The molecule has 2 aliphatic rings. The summed E-state index contributed by atoms with van der Waals surface area (Å²) in [4.78, 5) is 12.2. The molecule has 0 unspecified atom stereocenters. The van der Waals surface area contributed by atoms with Crippen molar-refractivity contribution < 1.29 is 4.79 Å². The molecule has 18 heavy (non-hydrogen) atoms. The Kier molecular flexibility index (Phi) is 3.33. The van der Waals surface area contributed by atoms with Crippen molar-refractivity contribution in [3.8, 4) is 0 Å². The van der Waals surface area contributed by atoms with Crippen LogP contribution in [-0.4, -0.2) is 12.5 Å². The summed E-state index contributed by atoms with van der Waals surface area (Å²) in [5.74, 6) is 0.460. The van der Waals surface area contributed by atoms with E-state index in [2.05, 4.69) is 16.7 Å². The minimum Gasteiger partial charge on any atom is -0.326 e. The zero-order valence-electron chi connectivity index (χ0n) is 10.7. The summed E-state index contributed by atoms with van der Waals surface area (Å²) in [7, 11) is 0. The van der Waals surface area contributed by atoms with E-state index in [1.807, 2.05) is 12.1 Å². The lowest BCUT2D eigenvalue weighted by molar-refractivity contribution is -0.119. The van der Waals surface area contributed by atoms with Gasteiger partial charge in [-0.1, -0.05) is 25.0 Å². The topological polar surface area (TPSA) is 41.1 Å². The molecule has 3 rings (SSSR count). The number of nitrogens with one attached hydrogen (secondary N) is 2. The fourth-order valence-corrected chi connectivity index (χ4v) is 3.07. The zero-order chi connectivity index (χ0) is 12.4. The number of rotatable bonds is 2. The highest BCUT2D eigenvalue weighted by molar-refractivity contribution is 5.93. The Balaban J connectivity index is 1.77. The molecule has 0 atom stereocenters. The van der Waals surface area contributed by atoms with Crippen LogP contribution >= 0.6 is 0 Å². The minimum atomic E-state index is 0.222. The first-order chi connectivity index (χ1) is 8.84. The number of carbonyl (C=O) groups is 1. The van der Waals surface area contributed by atoms with Crippen LogP contribution in [0.15, 0.2) is 18.2 Å². The van der Waals surface area contributed by atoms with Gasteiger partial charge in [-0.3, -0.25) is 4.79 Å². The smallest absolute Gasteiger partial charge is 0.227 e. The molecule has 0 bridgehead atoms. The Morgan fingerprint density at radius 3 is 2.94 bits per heavy atom. The lowest BCUT2D eigenvalue weighted by Crippen LogP contribution is -2.26. The van der Waals surface area contributed by atoms with Crippen LogP contribution in [0, 0.1) is 5.92 Å². The van der Waals surface area contributed by atoms with Crippen molar-refractivity contribution in [2.24, 2.45) is 5.92 Å². The highest BCUT2D eigenvalue weighted by Gasteiger charge is 2.23. The van der Waals surface area contributed by atoms with E-state index < -0.39 is 0 Å². The molecule has 3 nitrogen and oxygen atoms in total.